The van der Waals surface area contributed by atoms with E-state index in [1.54, 1.807) is 0 Å². The van der Waals surface area contributed by atoms with Gasteiger partial charge < -0.3 is 9.88 Å². The summed E-state index contributed by atoms with van der Waals surface area (Å²) in [6, 6.07) is 10.7. The summed E-state index contributed by atoms with van der Waals surface area (Å²) in [5, 5.41) is 13.1. The number of thioether (sulfide) groups is 1. The Labute approximate surface area is 208 Å². The van der Waals surface area contributed by atoms with Crippen LogP contribution in [-0.2, 0) is 17.9 Å². The summed E-state index contributed by atoms with van der Waals surface area (Å²) in [4.78, 5) is 15.6. The molecule has 34 heavy (non-hydrogen) atoms. The standard InChI is InChI=1S/C27H39N5OS/c1-19(24-16-22-11-12-23(24)15-22)28-26(33)20(2)34-27-30-29-25(18-31-13-7-4-8-14-31)32(27)17-21-9-5-3-6-10-21/h3,5-6,9-10,19-20,22-24H,4,7-8,11-18H2,1-2H3,(H,28,33)/t19-,20-,22-,23-,24+/m0/s1. The Bertz CT molecular complexity index is 957. The average Bonchev–Trinajstić information content (AvgIpc) is 3.58. The molecule has 1 aromatic heterocycles. The molecule has 5 rings (SSSR count). The molecule has 2 bridgehead atoms. The number of rotatable bonds is 9. The monoisotopic (exact) mass is 481 g/mol. The van der Waals surface area contributed by atoms with Crippen molar-refractivity contribution in [2.45, 2.75) is 88.3 Å². The van der Waals surface area contributed by atoms with Crippen molar-refractivity contribution in [3.63, 3.8) is 0 Å². The second-order valence-electron chi connectivity index (χ2n) is 10.7. The summed E-state index contributed by atoms with van der Waals surface area (Å²) in [6.45, 7) is 8.01. The van der Waals surface area contributed by atoms with E-state index in [0.29, 0.717) is 5.92 Å². The maximum atomic E-state index is 13.1. The molecule has 2 aliphatic carbocycles. The Morgan fingerprint density at radius 3 is 2.56 bits per heavy atom. The minimum absolute atomic E-state index is 0.118. The highest BCUT2D eigenvalue weighted by atomic mass is 32.2. The van der Waals surface area contributed by atoms with E-state index >= 15 is 0 Å². The number of benzene rings is 1. The van der Waals surface area contributed by atoms with Crippen LogP contribution in [0.2, 0.25) is 0 Å². The fraction of sp³-hybridized carbons (Fsp3) is 0.667. The van der Waals surface area contributed by atoms with Crippen LogP contribution in [0.15, 0.2) is 35.5 Å². The molecular formula is C27H39N5OS. The highest BCUT2D eigenvalue weighted by molar-refractivity contribution is 8.00. The van der Waals surface area contributed by atoms with Gasteiger partial charge in [-0.2, -0.15) is 0 Å². The molecule has 2 heterocycles. The van der Waals surface area contributed by atoms with Crippen LogP contribution < -0.4 is 5.32 Å². The fourth-order valence-corrected chi connectivity index (χ4v) is 7.21. The van der Waals surface area contributed by atoms with Crippen molar-refractivity contribution in [3.8, 4) is 0 Å². The van der Waals surface area contributed by atoms with Gasteiger partial charge in [0, 0.05) is 6.04 Å². The van der Waals surface area contributed by atoms with Gasteiger partial charge in [-0.15, -0.1) is 10.2 Å². The van der Waals surface area contributed by atoms with Crippen LogP contribution in [0.3, 0.4) is 0 Å². The molecule has 2 saturated carbocycles. The third kappa shape index (κ3) is 5.51. The van der Waals surface area contributed by atoms with Crippen molar-refractivity contribution < 1.29 is 4.79 Å². The minimum Gasteiger partial charge on any atom is -0.352 e. The van der Waals surface area contributed by atoms with Crippen LogP contribution in [-0.4, -0.2) is 50.0 Å². The Morgan fingerprint density at radius 1 is 1.06 bits per heavy atom. The van der Waals surface area contributed by atoms with Crippen LogP contribution in [0.5, 0.6) is 0 Å². The number of fused-ring (bicyclic) bond motifs is 2. The van der Waals surface area contributed by atoms with Crippen LogP contribution in [0, 0.1) is 17.8 Å². The van der Waals surface area contributed by atoms with Crippen molar-refractivity contribution in [2.24, 2.45) is 17.8 Å². The van der Waals surface area contributed by atoms with Gasteiger partial charge in [0.1, 0.15) is 5.82 Å². The molecule has 1 aliphatic heterocycles. The van der Waals surface area contributed by atoms with E-state index in [9.17, 15) is 4.79 Å². The zero-order valence-corrected chi connectivity index (χ0v) is 21.5. The lowest BCUT2D eigenvalue weighted by Gasteiger charge is -2.29. The number of likely N-dealkylation sites (tertiary alicyclic amines) is 1. The van der Waals surface area contributed by atoms with Crippen LogP contribution >= 0.6 is 11.8 Å². The predicted octanol–water partition coefficient (Wildman–Crippen LogP) is 4.73. The molecule has 0 radical (unpaired) electrons. The number of carbonyl (C=O) groups is 1. The number of nitrogens with zero attached hydrogens (tertiary/aromatic N) is 4. The average molecular weight is 482 g/mol. The second kappa shape index (κ2) is 10.8. The molecule has 1 saturated heterocycles. The summed E-state index contributed by atoms with van der Waals surface area (Å²) in [5.74, 6) is 3.48. The number of carbonyl (C=O) groups excluding carboxylic acids is 1. The molecule has 2 aromatic rings. The van der Waals surface area contributed by atoms with Crippen LogP contribution in [0.4, 0.5) is 0 Å². The van der Waals surface area contributed by atoms with E-state index < -0.39 is 0 Å². The van der Waals surface area contributed by atoms with E-state index in [0.717, 1.165) is 49.0 Å². The number of hydrogen-bond acceptors (Lipinski definition) is 5. The lowest BCUT2D eigenvalue weighted by molar-refractivity contribution is -0.121. The highest BCUT2D eigenvalue weighted by Gasteiger charge is 2.42. The lowest BCUT2D eigenvalue weighted by atomic mass is 9.84. The highest BCUT2D eigenvalue weighted by Crippen LogP contribution is 2.49. The number of nitrogens with one attached hydrogen (secondary N) is 1. The SMILES string of the molecule is C[C@H](Sc1nnc(CN2CCCCC2)n1Cc1ccccc1)C(=O)N[C@@H](C)[C@H]1C[C@H]2CC[C@H]1C2. The third-order valence-corrected chi connectivity index (χ3v) is 9.33. The van der Waals surface area contributed by atoms with E-state index in [-0.39, 0.29) is 17.2 Å². The fourth-order valence-electron chi connectivity index (χ4n) is 6.33. The van der Waals surface area contributed by atoms with Crippen molar-refractivity contribution in [1.82, 2.24) is 25.0 Å². The first-order valence-corrected chi connectivity index (χ1v) is 14.1. The largest absolute Gasteiger partial charge is 0.352 e. The summed E-state index contributed by atoms with van der Waals surface area (Å²) in [5.41, 5.74) is 1.23. The zero-order chi connectivity index (χ0) is 23.5. The molecule has 5 atom stereocenters. The van der Waals surface area contributed by atoms with E-state index in [1.165, 1.54) is 62.3 Å². The van der Waals surface area contributed by atoms with Crippen molar-refractivity contribution in [3.05, 3.63) is 41.7 Å². The van der Waals surface area contributed by atoms with Gasteiger partial charge in [0.2, 0.25) is 5.91 Å². The third-order valence-electron chi connectivity index (χ3n) is 8.25. The quantitative estimate of drug-likeness (QED) is 0.525. The van der Waals surface area contributed by atoms with Crippen LogP contribution in [0.1, 0.15) is 70.2 Å². The van der Waals surface area contributed by atoms with E-state index in [2.05, 4.69) is 56.2 Å². The van der Waals surface area contributed by atoms with Crippen LogP contribution in [0.25, 0.3) is 0 Å². The van der Waals surface area contributed by atoms with Crippen molar-refractivity contribution in [2.75, 3.05) is 13.1 Å². The maximum Gasteiger partial charge on any atom is 0.233 e. The molecule has 0 spiro atoms. The summed E-state index contributed by atoms with van der Waals surface area (Å²) in [6.07, 6.45) is 9.24. The molecule has 3 aliphatic rings. The summed E-state index contributed by atoms with van der Waals surface area (Å²) in [7, 11) is 0. The Morgan fingerprint density at radius 2 is 1.85 bits per heavy atom. The molecule has 7 heteroatoms. The topological polar surface area (TPSA) is 63.1 Å². The second-order valence-corrected chi connectivity index (χ2v) is 12.0. The van der Waals surface area contributed by atoms with Gasteiger partial charge in [0.25, 0.3) is 0 Å². The number of piperidine rings is 1. The van der Waals surface area contributed by atoms with Crippen molar-refractivity contribution in [1.29, 1.82) is 0 Å². The first-order chi connectivity index (χ1) is 16.6. The van der Waals surface area contributed by atoms with Gasteiger partial charge in [0.15, 0.2) is 5.16 Å². The lowest BCUT2D eigenvalue weighted by Crippen LogP contribution is -2.43. The Hall–Kier alpha value is -1.86. The van der Waals surface area contributed by atoms with Gasteiger partial charge >= 0.3 is 0 Å². The van der Waals surface area contributed by atoms with E-state index in [1.807, 2.05) is 13.0 Å². The molecule has 3 fully saturated rings. The molecule has 6 nitrogen and oxygen atoms in total. The molecule has 184 valence electrons. The summed E-state index contributed by atoms with van der Waals surface area (Å²) >= 11 is 1.54. The van der Waals surface area contributed by atoms with Crippen molar-refractivity contribution >= 4 is 17.7 Å². The Kier molecular flexibility index (Phi) is 7.59. The molecular weight excluding hydrogens is 442 g/mol. The number of hydrogen-bond donors (Lipinski definition) is 1. The maximum absolute atomic E-state index is 13.1. The molecule has 1 N–H and O–H groups in total. The van der Waals surface area contributed by atoms with E-state index in [4.69, 9.17) is 0 Å². The Balaban J connectivity index is 1.26. The molecule has 0 unspecified atom stereocenters. The van der Waals surface area contributed by atoms with Gasteiger partial charge in [-0.3, -0.25) is 9.69 Å². The van der Waals surface area contributed by atoms with Gasteiger partial charge in [-0.05, 0) is 82.4 Å². The first-order valence-electron chi connectivity index (χ1n) is 13.2. The number of amides is 1. The van der Waals surface area contributed by atoms with Gasteiger partial charge in [-0.25, -0.2) is 0 Å². The molecule has 1 amide bonds. The first kappa shape index (κ1) is 23.9. The predicted molar refractivity (Wildman–Crippen MR) is 137 cm³/mol. The summed E-state index contributed by atoms with van der Waals surface area (Å²) < 4.78 is 2.22. The normalized spacial score (nSPS) is 26.5. The van der Waals surface area contributed by atoms with Gasteiger partial charge in [-0.1, -0.05) is 54.9 Å². The molecule has 1 aromatic carbocycles. The minimum atomic E-state index is -0.206. The smallest absolute Gasteiger partial charge is 0.233 e. The van der Waals surface area contributed by atoms with Gasteiger partial charge in [0.05, 0.1) is 18.3 Å². The number of aromatic nitrogens is 3. The zero-order valence-electron chi connectivity index (χ0n) is 20.7.